The molecule has 0 radical (unpaired) electrons. The Labute approximate surface area is 140 Å². The van der Waals surface area contributed by atoms with Gasteiger partial charge in [-0.2, -0.15) is 4.31 Å². The molecule has 1 aromatic heterocycles. The molecule has 1 aliphatic carbocycles. The van der Waals surface area contributed by atoms with Crippen molar-refractivity contribution < 1.29 is 8.42 Å². The molecule has 2 aromatic rings. The number of rotatable bonds is 4. The SMILES string of the molecule is O=S(=O)(c1ccccc1Cl)N1CCC(n2cc(C3CC3)nn2)C1. The minimum Gasteiger partial charge on any atom is -0.248 e. The minimum atomic E-state index is -3.57. The molecule has 0 bridgehead atoms. The van der Waals surface area contributed by atoms with Gasteiger partial charge < -0.3 is 0 Å². The zero-order chi connectivity index (χ0) is 16.0. The minimum absolute atomic E-state index is 0.0345. The largest absolute Gasteiger partial charge is 0.248 e. The summed E-state index contributed by atoms with van der Waals surface area (Å²) in [6.07, 6.45) is 5.05. The fraction of sp³-hybridized carbons (Fsp3) is 0.467. The second-order valence-electron chi connectivity index (χ2n) is 6.13. The van der Waals surface area contributed by atoms with Gasteiger partial charge in [0, 0.05) is 25.2 Å². The highest BCUT2D eigenvalue weighted by Gasteiger charge is 2.35. The van der Waals surface area contributed by atoms with E-state index in [1.54, 1.807) is 24.3 Å². The summed E-state index contributed by atoms with van der Waals surface area (Å²) in [4.78, 5) is 0.166. The Kier molecular flexibility index (Phi) is 3.66. The summed E-state index contributed by atoms with van der Waals surface area (Å²) in [7, 11) is -3.57. The highest BCUT2D eigenvalue weighted by Crippen LogP contribution is 2.39. The van der Waals surface area contributed by atoms with Gasteiger partial charge in [0.05, 0.1) is 16.8 Å². The monoisotopic (exact) mass is 352 g/mol. The second-order valence-corrected chi connectivity index (χ2v) is 8.45. The highest BCUT2D eigenvalue weighted by atomic mass is 35.5. The van der Waals surface area contributed by atoms with Crippen molar-refractivity contribution in [2.75, 3.05) is 13.1 Å². The van der Waals surface area contributed by atoms with Crippen LogP contribution >= 0.6 is 11.6 Å². The Balaban J connectivity index is 1.54. The molecule has 2 aliphatic rings. The van der Waals surface area contributed by atoms with E-state index in [0.717, 1.165) is 12.1 Å². The van der Waals surface area contributed by atoms with Crippen molar-refractivity contribution in [3.63, 3.8) is 0 Å². The molecule has 1 aromatic carbocycles. The summed E-state index contributed by atoms with van der Waals surface area (Å²) < 4.78 is 28.8. The van der Waals surface area contributed by atoms with Gasteiger partial charge in [0.2, 0.25) is 10.0 Å². The summed E-state index contributed by atoms with van der Waals surface area (Å²) in [6.45, 7) is 0.873. The highest BCUT2D eigenvalue weighted by molar-refractivity contribution is 7.89. The molecule has 0 amide bonds. The van der Waals surface area contributed by atoms with Crippen molar-refractivity contribution in [3.8, 4) is 0 Å². The van der Waals surface area contributed by atoms with E-state index in [1.165, 1.54) is 17.1 Å². The van der Waals surface area contributed by atoms with Crippen LogP contribution in [0.3, 0.4) is 0 Å². The lowest BCUT2D eigenvalue weighted by atomic mass is 10.2. The van der Waals surface area contributed by atoms with Gasteiger partial charge in [-0.05, 0) is 31.4 Å². The van der Waals surface area contributed by atoms with Gasteiger partial charge in [0.1, 0.15) is 4.90 Å². The molecule has 6 nitrogen and oxygen atoms in total. The topological polar surface area (TPSA) is 68.1 Å². The van der Waals surface area contributed by atoms with E-state index in [9.17, 15) is 8.42 Å². The van der Waals surface area contributed by atoms with E-state index in [1.807, 2.05) is 10.9 Å². The van der Waals surface area contributed by atoms with Crippen LogP contribution in [0.25, 0.3) is 0 Å². The first-order valence-electron chi connectivity index (χ1n) is 7.72. The molecule has 0 spiro atoms. The van der Waals surface area contributed by atoms with Crippen molar-refractivity contribution in [1.82, 2.24) is 19.3 Å². The molecule has 1 aliphatic heterocycles. The molecular weight excluding hydrogens is 336 g/mol. The Morgan fingerprint density at radius 2 is 1.96 bits per heavy atom. The van der Waals surface area contributed by atoms with E-state index in [4.69, 9.17) is 11.6 Å². The molecule has 1 atom stereocenters. The molecule has 2 heterocycles. The number of sulfonamides is 1. The predicted octanol–water partition coefficient (Wildman–Crippen LogP) is 2.44. The molecule has 1 saturated heterocycles. The lowest BCUT2D eigenvalue weighted by Gasteiger charge is -2.17. The number of hydrogen-bond donors (Lipinski definition) is 0. The van der Waals surface area contributed by atoms with Crippen molar-refractivity contribution in [1.29, 1.82) is 0 Å². The van der Waals surface area contributed by atoms with E-state index < -0.39 is 10.0 Å². The Morgan fingerprint density at radius 3 is 2.70 bits per heavy atom. The van der Waals surface area contributed by atoms with E-state index in [-0.39, 0.29) is 16.0 Å². The van der Waals surface area contributed by atoms with Gasteiger partial charge in [-0.1, -0.05) is 28.9 Å². The molecule has 1 unspecified atom stereocenters. The average Bonchev–Trinajstić information content (AvgIpc) is 3.07. The maximum absolute atomic E-state index is 12.8. The second kappa shape index (κ2) is 5.58. The van der Waals surface area contributed by atoms with Crippen LogP contribution < -0.4 is 0 Å². The molecule has 122 valence electrons. The van der Waals surface area contributed by atoms with Gasteiger partial charge in [-0.15, -0.1) is 5.10 Å². The van der Waals surface area contributed by atoms with E-state index in [2.05, 4.69) is 10.3 Å². The number of benzene rings is 1. The number of halogens is 1. The first-order valence-corrected chi connectivity index (χ1v) is 9.54. The summed E-state index contributed by atoms with van der Waals surface area (Å²) in [5.74, 6) is 0.549. The maximum atomic E-state index is 12.8. The summed E-state index contributed by atoms with van der Waals surface area (Å²) >= 11 is 6.05. The number of aromatic nitrogens is 3. The van der Waals surface area contributed by atoms with Gasteiger partial charge in [-0.3, -0.25) is 0 Å². The molecule has 4 rings (SSSR count). The first kappa shape index (κ1) is 15.1. The zero-order valence-electron chi connectivity index (χ0n) is 12.5. The standard InChI is InChI=1S/C15H17ClN4O2S/c16-13-3-1-2-4-15(13)23(21,22)19-8-7-12(9-19)20-10-14(17-18-20)11-5-6-11/h1-4,10-12H,5-9H2. The normalized spacial score (nSPS) is 22.6. The van der Waals surface area contributed by atoms with Crippen molar-refractivity contribution in [2.24, 2.45) is 0 Å². The summed E-state index contributed by atoms with van der Waals surface area (Å²) in [5, 5.41) is 8.65. The predicted molar refractivity (Wildman–Crippen MR) is 85.9 cm³/mol. The van der Waals surface area contributed by atoms with Crippen molar-refractivity contribution in [3.05, 3.63) is 41.2 Å². The smallest absolute Gasteiger partial charge is 0.244 e. The molecule has 0 N–H and O–H groups in total. The fourth-order valence-corrected chi connectivity index (χ4v) is 4.96. The van der Waals surface area contributed by atoms with Crippen molar-refractivity contribution >= 4 is 21.6 Å². The van der Waals surface area contributed by atoms with E-state index >= 15 is 0 Å². The van der Waals surface area contributed by atoms with Crippen LogP contribution in [0.1, 0.15) is 36.9 Å². The zero-order valence-corrected chi connectivity index (χ0v) is 14.0. The maximum Gasteiger partial charge on any atom is 0.244 e. The molecular formula is C15H17ClN4O2S. The molecule has 2 fully saturated rings. The van der Waals surface area contributed by atoms with Crippen LogP contribution in [0.15, 0.2) is 35.4 Å². The lowest BCUT2D eigenvalue weighted by molar-refractivity contribution is 0.428. The van der Waals surface area contributed by atoms with Crippen LogP contribution in [-0.2, 0) is 10.0 Å². The van der Waals surface area contributed by atoms with Gasteiger partial charge in [0.25, 0.3) is 0 Å². The first-order chi connectivity index (χ1) is 11.1. The van der Waals surface area contributed by atoms with Crippen LogP contribution in [-0.4, -0.2) is 40.8 Å². The number of nitrogens with zero attached hydrogens (tertiary/aromatic N) is 4. The van der Waals surface area contributed by atoms with Gasteiger partial charge >= 0.3 is 0 Å². The summed E-state index contributed by atoms with van der Waals surface area (Å²) in [5.41, 5.74) is 1.03. The summed E-state index contributed by atoms with van der Waals surface area (Å²) in [6, 6.07) is 6.59. The van der Waals surface area contributed by atoms with Crippen LogP contribution in [0.4, 0.5) is 0 Å². The quantitative estimate of drug-likeness (QED) is 0.847. The van der Waals surface area contributed by atoms with Crippen LogP contribution in [0, 0.1) is 0 Å². The third-order valence-corrected chi connectivity index (χ3v) is 6.84. The third-order valence-electron chi connectivity index (χ3n) is 4.48. The molecule has 23 heavy (non-hydrogen) atoms. The number of hydrogen-bond acceptors (Lipinski definition) is 4. The molecule has 1 saturated carbocycles. The lowest BCUT2D eigenvalue weighted by Crippen LogP contribution is -2.29. The third kappa shape index (κ3) is 2.77. The van der Waals surface area contributed by atoms with Crippen LogP contribution in [0.5, 0.6) is 0 Å². The molecule has 8 heteroatoms. The van der Waals surface area contributed by atoms with Crippen LogP contribution in [0.2, 0.25) is 5.02 Å². The Bertz CT molecular complexity index is 832. The fourth-order valence-electron chi connectivity index (χ4n) is 2.97. The Hall–Kier alpha value is -1.44. The van der Waals surface area contributed by atoms with E-state index in [0.29, 0.717) is 19.0 Å². The van der Waals surface area contributed by atoms with Gasteiger partial charge in [-0.25, -0.2) is 13.1 Å². The average molecular weight is 353 g/mol. The van der Waals surface area contributed by atoms with Crippen molar-refractivity contribution in [2.45, 2.75) is 36.1 Å². The Morgan fingerprint density at radius 1 is 1.17 bits per heavy atom. The van der Waals surface area contributed by atoms with Gasteiger partial charge in [0.15, 0.2) is 0 Å².